The van der Waals surface area contributed by atoms with Crippen LogP contribution in [0.25, 0.3) is 11.3 Å². The van der Waals surface area contributed by atoms with Gasteiger partial charge in [-0.05, 0) is 44.0 Å². The largest absolute Gasteiger partial charge is 0.319 e. The number of fused-ring (bicyclic) bond motifs is 1. The van der Waals surface area contributed by atoms with Crippen LogP contribution in [0.15, 0.2) is 41.2 Å². The minimum Gasteiger partial charge on any atom is -0.319 e. The van der Waals surface area contributed by atoms with E-state index in [9.17, 15) is 0 Å². The van der Waals surface area contributed by atoms with E-state index in [0.29, 0.717) is 5.92 Å². The van der Waals surface area contributed by atoms with Gasteiger partial charge in [-0.15, -0.1) is 0 Å². The molecule has 0 saturated heterocycles. The van der Waals surface area contributed by atoms with Crippen LogP contribution in [-0.4, -0.2) is 24.4 Å². The Kier molecular flexibility index (Phi) is 2.74. The first-order valence-electron chi connectivity index (χ1n) is 7.39. The molecule has 0 saturated carbocycles. The lowest BCUT2D eigenvalue weighted by Gasteiger charge is -2.22. The fourth-order valence-electron chi connectivity index (χ4n) is 3.48. The standard InChI is InChI=1S/C17H19N3/c1-18-10-13-5-3-7-15-16(13)19-11-14-6-2-4-12-8-9-20(15)17(12)14/h3,6-9,11,13,18H,2,4-5,10H2,1H3. The molecule has 0 aromatic carbocycles. The minimum absolute atomic E-state index is 0.468. The topological polar surface area (TPSA) is 29.3 Å². The van der Waals surface area contributed by atoms with Crippen LogP contribution < -0.4 is 5.32 Å². The first kappa shape index (κ1) is 11.9. The van der Waals surface area contributed by atoms with E-state index >= 15 is 0 Å². The van der Waals surface area contributed by atoms with Crippen LogP contribution in [0.3, 0.4) is 0 Å². The summed E-state index contributed by atoms with van der Waals surface area (Å²) >= 11 is 0. The Balaban J connectivity index is 1.92. The highest BCUT2D eigenvalue weighted by Gasteiger charge is 2.26. The number of nitrogens with zero attached hydrogens (tertiary/aromatic N) is 2. The Bertz CT molecular complexity index is 670. The predicted molar refractivity (Wildman–Crippen MR) is 83.6 cm³/mol. The molecule has 1 aromatic heterocycles. The lowest BCUT2D eigenvalue weighted by molar-refractivity contribution is 0.566. The molecule has 20 heavy (non-hydrogen) atoms. The van der Waals surface area contributed by atoms with Crippen molar-refractivity contribution in [2.24, 2.45) is 10.9 Å². The Labute approximate surface area is 119 Å². The van der Waals surface area contributed by atoms with E-state index in [4.69, 9.17) is 4.99 Å². The molecule has 0 radical (unpaired) electrons. The van der Waals surface area contributed by atoms with Crippen molar-refractivity contribution in [3.63, 3.8) is 0 Å². The first-order valence-corrected chi connectivity index (χ1v) is 7.39. The van der Waals surface area contributed by atoms with Gasteiger partial charge in [0.05, 0.1) is 17.1 Å². The van der Waals surface area contributed by atoms with E-state index in [1.165, 1.54) is 28.2 Å². The van der Waals surface area contributed by atoms with Gasteiger partial charge in [-0.2, -0.15) is 0 Å². The fourth-order valence-corrected chi connectivity index (χ4v) is 3.48. The highest BCUT2D eigenvalue weighted by atomic mass is 15.0. The van der Waals surface area contributed by atoms with Crippen LogP contribution in [0, 0.1) is 5.92 Å². The molecule has 0 bridgehead atoms. The number of rotatable bonds is 2. The van der Waals surface area contributed by atoms with Crippen LogP contribution in [-0.2, 0) is 6.42 Å². The fraction of sp³-hybridized carbons (Fsp3) is 0.353. The Morgan fingerprint density at radius 2 is 2.40 bits per heavy atom. The average Bonchev–Trinajstić information content (AvgIpc) is 2.82. The second-order valence-corrected chi connectivity index (χ2v) is 5.68. The van der Waals surface area contributed by atoms with Crippen molar-refractivity contribution in [1.29, 1.82) is 0 Å². The molecular formula is C17H19N3. The summed E-state index contributed by atoms with van der Waals surface area (Å²) in [5.74, 6) is 0.468. The summed E-state index contributed by atoms with van der Waals surface area (Å²) in [4.78, 5) is 4.83. The summed E-state index contributed by atoms with van der Waals surface area (Å²) in [6, 6.07) is 2.27. The van der Waals surface area contributed by atoms with Crippen molar-refractivity contribution in [1.82, 2.24) is 9.88 Å². The number of allylic oxidation sites excluding steroid dienone is 5. The molecule has 1 aromatic rings. The van der Waals surface area contributed by atoms with E-state index in [0.717, 1.165) is 25.8 Å². The lowest BCUT2D eigenvalue weighted by Crippen LogP contribution is -2.22. The third kappa shape index (κ3) is 1.66. The molecular weight excluding hydrogens is 246 g/mol. The van der Waals surface area contributed by atoms with Crippen LogP contribution in [0.1, 0.15) is 24.1 Å². The maximum Gasteiger partial charge on any atom is 0.0690 e. The number of aryl methyl sites for hydroxylation is 1. The summed E-state index contributed by atoms with van der Waals surface area (Å²) in [6.45, 7) is 0.975. The van der Waals surface area contributed by atoms with Gasteiger partial charge in [0.25, 0.3) is 0 Å². The van der Waals surface area contributed by atoms with Gasteiger partial charge < -0.3 is 9.88 Å². The van der Waals surface area contributed by atoms with E-state index < -0.39 is 0 Å². The van der Waals surface area contributed by atoms with Gasteiger partial charge >= 0.3 is 0 Å². The predicted octanol–water partition coefficient (Wildman–Crippen LogP) is 2.87. The Morgan fingerprint density at radius 1 is 1.45 bits per heavy atom. The van der Waals surface area contributed by atoms with E-state index in [-0.39, 0.29) is 0 Å². The maximum absolute atomic E-state index is 4.83. The van der Waals surface area contributed by atoms with Gasteiger partial charge in [0.1, 0.15) is 0 Å². The van der Waals surface area contributed by atoms with Crippen molar-refractivity contribution < 1.29 is 0 Å². The van der Waals surface area contributed by atoms with Gasteiger partial charge in [0, 0.05) is 30.4 Å². The number of hydrogen-bond donors (Lipinski definition) is 1. The van der Waals surface area contributed by atoms with Gasteiger partial charge in [-0.3, -0.25) is 4.99 Å². The summed E-state index contributed by atoms with van der Waals surface area (Å²) in [5, 5.41) is 3.29. The van der Waals surface area contributed by atoms with Crippen LogP contribution in [0.5, 0.6) is 0 Å². The summed E-state index contributed by atoms with van der Waals surface area (Å²) in [7, 11) is 2.01. The summed E-state index contributed by atoms with van der Waals surface area (Å²) in [6.07, 6.45) is 14.4. The Hall–Kier alpha value is -1.87. The average molecular weight is 265 g/mol. The minimum atomic E-state index is 0.468. The lowest BCUT2D eigenvalue weighted by atomic mass is 9.95. The zero-order valence-corrected chi connectivity index (χ0v) is 11.8. The zero-order chi connectivity index (χ0) is 13.5. The van der Waals surface area contributed by atoms with Crippen molar-refractivity contribution in [3.05, 3.63) is 47.4 Å². The smallest absolute Gasteiger partial charge is 0.0690 e. The van der Waals surface area contributed by atoms with Crippen LogP contribution >= 0.6 is 0 Å². The molecule has 1 atom stereocenters. The molecule has 1 N–H and O–H groups in total. The van der Waals surface area contributed by atoms with E-state index in [1.807, 2.05) is 7.05 Å². The number of aromatic nitrogens is 1. The third-order valence-electron chi connectivity index (χ3n) is 4.42. The maximum atomic E-state index is 4.83. The quantitative estimate of drug-likeness (QED) is 0.875. The number of aliphatic imine (C=N–C) groups is 1. The number of nitrogens with one attached hydrogen (secondary N) is 1. The normalized spacial score (nSPS) is 23.2. The Morgan fingerprint density at radius 3 is 3.30 bits per heavy atom. The molecule has 0 amide bonds. The molecule has 102 valence electrons. The first-order chi connectivity index (χ1) is 9.88. The van der Waals surface area contributed by atoms with Gasteiger partial charge in [-0.1, -0.05) is 12.2 Å². The molecule has 2 aliphatic carbocycles. The van der Waals surface area contributed by atoms with E-state index in [2.05, 4.69) is 46.6 Å². The number of hydrogen-bond acceptors (Lipinski definition) is 2. The third-order valence-corrected chi connectivity index (χ3v) is 4.42. The van der Waals surface area contributed by atoms with Crippen LogP contribution in [0.2, 0.25) is 0 Å². The highest BCUT2D eigenvalue weighted by molar-refractivity contribution is 6.12. The van der Waals surface area contributed by atoms with Gasteiger partial charge in [-0.25, -0.2) is 0 Å². The van der Waals surface area contributed by atoms with Crippen LogP contribution in [0.4, 0.5) is 0 Å². The summed E-state index contributed by atoms with van der Waals surface area (Å²) in [5.41, 5.74) is 6.55. The second-order valence-electron chi connectivity index (χ2n) is 5.68. The molecule has 3 heteroatoms. The summed E-state index contributed by atoms with van der Waals surface area (Å²) < 4.78 is 2.33. The molecule has 0 fully saturated rings. The van der Waals surface area contributed by atoms with E-state index in [1.54, 1.807) is 0 Å². The highest BCUT2D eigenvalue weighted by Crippen LogP contribution is 2.37. The van der Waals surface area contributed by atoms with Crippen molar-refractivity contribution in [2.45, 2.75) is 19.3 Å². The van der Waals surface area contributed by atoms with Crippen molar-refractivity contribution >= 4 is 17.5 Å². The molecule has 3 aliphatic rings. The zero-order valence-electron chi connectivity index (χ0n) is 11.8. The molecule has 4 rings (SSSR count). The van der Waals surface area contributed by atoms with Gasteiger partial charge in [0.2, 0.25) is 0 Å². The molecule has 1 aliphatic heterocycles. The monoisotopic (exact) mass is 265 g/mol. The molecule has 3 nitrogen and oxygen atoms in total. The van der Waals surface area contributed by atoms with Crippen molar-refractivity contribution in [2.75, 3.05) is 13.6 Å². The second kappa shape index (κ2) is 4.60. The van der Waals surface area contributed by atoms with Gasteiger partial charge in [0.15, 0.2) is 0 Å². The molecule has 0 spiro atoms. The molecule has 2 heterocycles. The molecule has 1 unspecified atom stereocenters. The SMILES string of the molecule is CNCC1CC=CC2=C1N=CC1=CCCc3ccn2c31. The van der Waals surface area contributed by atoms with Crippen molar-refractivity contribution in [3.8, 4) is 0 Å².